The number of ether oxygens (including phenoxy) is 1. The lowest BCUT2D eigenvalue weighted by Gasteiger charge is -2.30. The van der Waals surface area contributed by atoms with E-state index in [0.717, 1.165) is 17.4 Å². The van der Waals surface area contributed by atoms with Gasteiger partial charge in [-0.25, -0.2) is 0 Å². The van der Waals surface area contributed by atoms with Crippen molar-refractivity contribution in [3.05, 3.63) is 101 Å². The van der Waals surface area contributed by atoms with Gasteiger partial charge >= 0.3 is 0 Å². The van der Waals surface area contributed by atoms with Gasteiger partial charge in [-0.05, 0) is 36.2 Å². The molecule has 0 N–H and O–H groups in total. The van der Waals surface area contributed by atoms with Crippen LogP contribution in [-0.4, -0.2) is 24.2 Å². The summed E-state index contributed by atoms with van der Waals surface area (Å²) in [6.07, 6.45) is 0.735. The molecule has 1 unspecified atom stereocenters. The molecule has 0 bridgehead atoms. The van der Waals surface area contributed by atoms with E-state index in [1.165, 1.54) is 7.11 Å². The van der Waals surface area contributed by atoms with Gasteiger partial charge in [-0.2, -0.15) is 0 Å². The van der Waals surface area contributed by atoms with Crippen molar-refractivity contribution >= 4 is 12.2 Å². The van der Waals surface area contributed by atoms with E-state index < -0.39 is 0 Å². The summed E-state index contributed by atoms with van der Waals surface area (Å²) < 4.78 is 5.39. The van der Waals surface area contributed by atoms with Gasteiger partial charge in [0.1, 0.15) is 12.0 Å². The molecule has 0 heterocycles. The second-order valence-corrected chi connectivity index (χ2v) is 6.58. The zero-order valence-electron chi connectivity index (χ0n) is 16.0. The molecule has 0 aliphatic heterocycles. The van der Waals surface area contributed by atoms with Crippen molar-refractivity contribution in [3.8, 4) is 5.75 Å². The standard InChI is InChI=1S/C24H23NO3/c1-18(21-11-7-4-8-12-21)25(16-19-9-5-3-6-10-19)24(27)22-15-20(17-26)13-14-23(22)28-2/h3-15,17-18H,16H2,1-2H3. The third-order valence-electron chi connectivity index (χ3n) is 4.80. The highest BCUT2D eigenvalue weighted by Gasteiger charge is 2.25. The summed E-state index contributed by atoms with van der Waals surface area (Å²) in [4.78, 5) is 26.6. The second kappa shape index (κ2) is 9.00. The Balaban J connectivity index is 2.03. The maximum Gasteiger partial charge on any atom is 0.258 e. The number of carbonyl (C=O) groups is 2. The fourth-order valence-electron chi connectivity index (χ4n) is 3.20. The van der Waals surface area contributed by atoms with Gasteiger partial charge in [-0.1, -0.05) is 60.7 Å². The van der Waals surface area contributed by atoms with Crippen LogP contribution in [0, 0.1) is 0 Å². The molecule has 3 rings (SSSR count). The van der Waals surface area contributed by atoms with Crippen molar-refractivity contribution in [2.45, 2.75) is 19.5 Å². The zero-order valence-corrected chi connectivity index (χ0v) is 16.0. The molecular formula is C24H23NO3. The van der Waals surface area contributed by atoms with Crippen molar-refractivity contribution < 1.29 is 14.3 Å². The van der Waals surface area contributed by atoms with Gasteiger partial charge in [0.15, 0.2) is 0 Å². The average Bonchev–Trinajstić information content (AvgIpc) is 2.77. The first-order valence-electron chi connectivity index (χ1n) is 9.17. The van der Waals surface area contributed by atoms with Gasteiger partial charge in [-0.3, -0.25) is 9.59 Å². The smallest absolute Gasteiger partial charge is 0.258 e. The molecular weight excluding hydrogens is 350 g/mol. The molecule has 0 radical (unpaired) electrons. The highest BCUT2D eigenvalue weighted by molar-refractivity contribution is 5.98. The van der Waals surface area contributed by atoms with Crippen molar-refractivity contribution in [1.82, 2.24) is 4.90 Å². The normalized spacial score (nSPS) is 11.5. The molecule has 4 nitrogen and oxygen atoms in total. The number of rotatable bonds is 7. The Morgan fingerprint density at radius 3 is 2.25 bits per heavy atom. The van der Waals surface area contributed by atoms with Crippen LogP contribution in [0.3, 0.4) is 0 Å². The van der Waals surface area contributed by atoms with Gasteiger partial charge in [-0.15, -0.1) is 0 Å². The molecule has 0 aliphatic rings. The Bertz CT molecular complexity index is 939. The van der Waals surface area contributed by atoms with E-state index in [2.05, 4.69) is 0 Å². The van der Waals surface area contributed by atoms with Crippen LogP contribution in [0.2, 0.25) is 0 Å². The minimum atomic E-state index is -0.180. The lowest BCUT2D eigenvalue weighted by Crippen LogP contribution is -2.33. The Morgan fingerprint density at radius 2 is 1.64 bits per heavy atom. The van der Waals surface area contributed by atoms with Crippen LogP contribution in [0.5, 0.6) is 5.75 Å². The zero-order chi connectivity index (χ0) is 19.9. The summed E-state index contributed by atoms with van der Waals surface area (Å²) in [6, 6.07) is 24.5. The highest BCUT2D eigenvalue weighted by Crippen LogP contribution is 2.28. The molecule has 0 spiro atoms. The van der Waals surface area contributed by atoms with E-state index in [0.29, 0.717) is 23.4 Å². The summed E-state index contributed by atoms with van der Waals surface area (Å²) in [5, 5.41) is 0. The molecule has 28 heavy (non-hydrogen) atoms. The number of carbonyl (C=O) groups excluding carboxylic acids is 2. The minimum Gasteiger partial charge on any atom is -0.496 e. The Hall–Kier alpha value is -3.40. The third kappa shape index (κ3) is 4.29. The van der Waals surface area contributed by atoms with Crippen molar-refractivity contribution in [2.75, 3.05) is 7.11 Å². The van der Waals surface area contributed by atoms with E-state index >= 15 is 0 Å². The SMILES string of the molecule is COc1ccc(C=O)cc1C(=O)N(Cc1ccccc1)C(C)c1ccccc1. The molecule has 1 atom stereocenters. The number of aldehydes is 1. The molecule has 0 saturated carbocycles. The molecule has 3 aromatic carbocycles. The number of nitrogens with zero attached hydrogens (tertiary/aromatic N) is 1. The number of methoxy groups -OCH3 is 1. The number of amides is 1. The van der Waals surface area contributed by atoms with Gasteiger partial charge in [0, 0.05) is 12.1 Å². The van der Waals surface area contributed by atoms with Crippen LogP contribution in [0.4, 0.5) is 0 Å². The summed E-state index contributed by atoms with van der Waals surface area (Å²) in [6.45, 7) is 2.45. The molecule has 4 heteroatoms. The maximum absolute atomic E-state index is 13.5. The van der Waals surface area contributed by atoms with Gasteiger partial charge in [0.25, 0.3) is 5.91 Å². The van der Waals surface area contributed by atoms with Crippen molar-refractivity contribution in [2.24, 2.45) is 0 Å². The van der Waals surface area contributed by atoms with Crippen molar-refractivity contribution in [1.29, 1.82) is 0 Å². The highest BCUT2D eigenvalue weighted by atomic mass is 16.5. The van der Waals surface area contributed by atoms with Crippen molar-refractivity contribution in [3.63, 3.8) is 0 Å². The van der Waals surface area contributed by atoms with Gasteiger partial charge < -0.3 is 9.64 Å². The van der Waals surface area contributed by atoms with E-state index in [9.17, 15) is 9.59 Å². The molecule has 0 aliphatic carbocycles. The summed E-state index contributed by atoms with van der Waals surface area (Å²) in [5.74, 6) is 0.273. The Labute approximate surface area is 165 Å². The number of hydrogen-bond acceptors (Lipinski definition) is 3. The Kier molecular flexibility index (Phi) is 6.22. The summed E-state index contributed by atoms with van der Waals surface area (Å²) in [7, 11) is 1.52. The van der Waals surface area contributed by atoms with Crippen LogP contribution in [-0.2, 0) is 6.54 Å². The fourth-order valence-corrected chi connectivity index (χ4v) is 3.20. The fraction of sp³-hybridized carbons (Fsp3) is 0.167. The molecule has 0 saturated heterocycles. The molecule has 1 amide bonds. The third-order valence-corrected chi connectivity index (χ3v) is 4.80. The minimum absolute atomic E-state index is 0.154. The second-order valence-electron chi connectivity index (χ2n) is 6.58. The van der Waals surface area contributed by atoms with Crippen LogP contribution >= 0.6 is 0 Å². The largest absolute Gasteiger partial charge is 0.496 e. The van der Waals surface area contributed by atoms with Gasteiger partial charge in [0.05, 0.1) is 18.7 Å². The number of benzene rings is 3. The van der Waals surface area contributed by atoms with Crippen LogP contribution < -0.4 is 4.74 Å². The first-order chi connectivity index (χ1) is 13.6. The molecule has 3 aromatic rings. The van der Waals surface area contributed by atoms with Crippen LogP contribution in [0.1, 0.15) is 44.8 Å². The Morgan fingerprint density at radius 1 is 1.00 bits per heavy atom. The van der Waals surface area contributed by atoms with E-state index in [4.69, 9.17) is 4.74 Å². The number of hydrogen-bond donors (Lipinski definition) is 0. The predicted octanol–water partition coefficient (Wildman–Crippen LogP) is 4.91. The molecule has 0 fully saturated rings. The van der Waals surface area contributed by atoms with E-state index in [1.54, 1.807) is 23.1 Å². The maximum atomic E-state index is 13.5. The average molecular weight is 373 g/mol. The summed E-state index contributed by atoms with van der Waals surface area (Å²) >= 11 is 0. The lowest BCUT2D eigenvalue weighted by molar-refractivity contribution is 0.0670. The van der Waals surface area contributed by atoms with E-state index in [-0.39, 0.29) is 11.9 Å². The lowest BCUT2D eigenvalue weighted by atomic mass is 10.0. The quantitative estimate of drug-likeness (QED) is 0.553. The molecule has 0 aromatic heterocycles. The molecule has 142 valence electrons. The van der Waals surface area contributed by atoms with Crippen LogP contribution in [0.25, 0.3) is 0 Å². The predicted molar refractivity (Wildman–Crippen MR) is 110 cm³/mol. The van der Waals surface area contributed by atoms with E-state index in [1.807, 2.05) is 67.6 Å². The monoisotopic (exact) mass is 373 g/mol. The first-order valence-corrected chi connectivity index (χ1v) is 9.17. The first kappa shape index (κ1) is 19.4. The topological polar surface area (TPSA) is 46.6 Å². The summed E-state index contributed by atoms with van der Waals surface area (Å²) in [5.41, 5.74) is 2.89. The van der Waals surface area contributed by atoms with Crippen LogP contribution in [0.15, 0.2) is 78.9 Å². The van der Waals surface area contributed by atoms with Gasteiger partial charge in [0.2, 0.25) is 0 Å².